The van der Waals surface area contributed by atoms with Gasteiger partial charge in [-0.15, -0.1) is 0 Å². The fraction of sp³-hybridized carbons (Fsp3) is 0.533. The molecule has 2 rings (SSSR count). The standard InChI is InChI=1S/C15H21ClN2O3/c1-17-8-10-6-12(16)15(13(7-10)20-3)21-9-14(19)18(2)11-4-5-11/h6-7,11,17H,4-5,8-9H2,1-3H3. The van der Waals surface area contributed by atoms with Crippen LogP contribution in [-0.2, 0) is 11.3 Å². The second-order valence-corrected chi connectivity index (χ2v) is 5.57. The molecule has 1 fully saturated rings. The Morgan fingerprint density at radius 3 is 2.76 bits per heavy atom. The number of halogens is 1. The molecule has 5 nitrogen and oxygen atoms in total. The van der Waals surface area contributed by atoms with Crippen molar-refractivity contribution in [3.63, 3.8) is 0 Å². The molecule has 0 saturated heterocycles. The van der Waals surface area contributed by atoms with Gasteiger partial charge in [-0.25, -0.2) is 0 Å². The molecule has 0 atom stereocenters. The molecule has 116 valence electrons. The van der Waals surface area contributed by atoms with Crippen molar-refractivity contribution in [3.8, 4) is 11.5 Å². The predicted octanol–water partition coefficient (Wildman–Crippen LogP) is 2.07. The molecule has 1 saturated carbocycles. The number of nitrogens with one attached hydrogen (secondary N) is 1. The van der Waals surface area contributed by atoms with Gasteiger partial charge in [-0.2, -0.15) is 0 Å². The van der Waals surface area contributed by atoms with E-state index in [0.717, 1.165) is 18.4 Å². The number of amides is 1. The maximum Gasteiger partial charge on any atom is 0.260 e. The summed E-state index contributed by atoms with van der Waals surface area (Å²) in [6.07, 6.45) is 2.15. The molecule has 21 heavy (non-hydrogen) atoms. The molecule has 1 N–H and O–H groups in total. The number of carbonyl (C=O) groups excluding carboxylic acids is 1. The lowest BCUT2D eigenvalue weighted by Gasteiger charge is -2.18. The Balaban J connectivity index is 2.06. The topological polar surface area (TPSA) is 50.8 Å². The largest absolute Gasteiger partial charge is 0.493 e. The molecular weight excluding hydrogens is 292 g/mol. The third-order valence-electron chi connectivity index (χ3n) is 3.50. The van der Waals surface area contributed by atoms with Crippen molar-refractivity contribution in [2.24, 2.45) is 0 Å². The minimum Gasteiger partial charge on any atom is -0.493 e. The van der Waals surface area contributed by atoms with E-state index in [-0.39, 0.29) is 12.5 Å². The number of rotatable bonds is 7. The summed E-state index contributed by atoms with van der Waals surface area (Å²) in [5, 5.41) is 3.50. The molecule has 1 aromatic carbocycles. The fourth-order valence-corrected chi connectivity index (χ4v) is 2.41. The van der Waals surface area contributed by atoms with Crippen LogP contribution in [-0.4, -0.2) is 44.7 Å². The Morgan fingerprint density at radius 1 is 1.48 bits per heavy atom. The maximum absolute atomic E-state index is 12.0. The Morgan fingerprint density at radius 2 is 2.19 bits per heavy atom. The van der Waals surface area contributed by atoms with E-state index in [4.69, 9.17) is 21.1 Å². The Bertz CT molecular complexity index is 518. The summed E-state index contributed by atoms with van der Waals surface area (Å²) in [5.41, 5.74) is 0.994. The van der Waals surface area contributed by atoms with E-state index < -0.39 is 0 Å². The molecule has 0 unspecified atom stereocenters. The molecule has 1 amide bonds. The highest BCUT2D eigenvalue weighted by atomic mass is 35.5. The van der Waals surface area contributed by atoms with E-state index in [2.05, 4.69) is 5.32 Å². The number of likely N-dealkylation sites (N-methyl/N-ethyl adjacent to an activating group) is 1. The highest BCUT2D eigenvalue weighted by Gasteiger charge is 2.29. The van der Waals surface area contributed by atoms with Crippen molar-refractivity contribution in [1.29, 1.82) is 0 Å². The number of hydrogen-bond acceptors (Lipinski definition) is 4. The quantitative estimate of drug-likeness (QED) is 0.837. The highest BCUT2D eigenvalue weighted by Crippen LogP contribution is 2.36. The van der Waals surface area contributed by atoms with Gasteiger partial charge in [0.2, 0.25) is 0 Å². The first kappa shape index (κ1) is 15.9. The lowest BCUT2D eigenvalue weighted by Crippen LogP contribution is -2.33. The van der Waals surface area contributed by atoms with Gasteiger partial charge < -0.3 is 19.7 Å². The second kappa shape index (κ2) is 7.00. The normalized spacial score (nSPS) is 13.9. The van der Waals surface area contributed by atoms with E-state index >= 15 is 0 Å². The van der Waals surface area contributed by atoms with E-state index in [1.165, 1.54) is 0 Å². The Hall–Kier alpha value is -1.46. The van der Waals surface area contributed by atoms with Crippen molar-refractivity contribution in [1.82, 2.24) is 10.2 Å². The summed E-state index contributed by atoms with van der Waals surface area (Å²) in [6.45, 7) is 0.647. The zero-order valence-electron chi connectivity index (χ0n) is 12.6. The maximum atomic E-state index is 12.0. The highest BCUT2D eigenvalue weighted by molar-refractivity contribution is 6.32. The zero-order chi connectivity index (χ0) is 15.4. The van der Waals surface area contributed by atoms with Crippen LogP contribution >= 0.6 is 11.6 Å². The SMILES string of the molecule is CNCc1cc(Cl)c(OCC(=O)N(C)C2CC2)c(OC)c1. The lowest BCUT2D eigenvalue weighted by molar-refractivity contribution is -0.132. The monoisotopic (exact) mass is 312 g/mol. The van der Waals surface area contributed by atoms with Crippen LogP contribution in [0.1, 0.15) is 18.4 Å². The molecule has 1 aliphatic carbocycles. The summed E-state index contributed by atoms with van der Waals surface area (Å²) in [5.74, 6) is 0.904. The number of carbonyl (C=O) groups is 1. The lowest BCUT2D eigenvalue weighted by atomic mass is 10.2. The van der Waals surface area contributed by atoms with Gasteiger partial charge in [0, 0.05) is 19.6 Å². The molecule has 0 spiro atoms. The Kier molecular flexibility index (Phi) is 5.31. The molecule has 6 heteroatoms. The average molecular weight is 313 g/mol. The molecule has 0 heterocycles. The predicted molar refractivity (Wildman–Crippen MR) is 82.1 cm³/mol. The number of hydrogen-bond donors (Lipinski definition) is 1. The number of nitrogens with zero attached hydrogens (tertiary/aromatic N) is 1. The molecular formula is C15H21ClN2O3. The van der Waals surface area contributed by atoms with Crippen LogP contribution in [0.25, 0.3) is 0 Å². The van der Waals surface area contributed by atoms with E-state index in [0.29, 0.717) is 29.1 Å². The van der Waals surface area contributed by atoms with E-state index in [9.17, 15) is 4.79 Å². The van der Waals surface area contributed by atoms with Crippen LogP contribution in [0.4, 0.5) is 0 Å². The van der Waals surface area contributed by atoms with Gasteiger partial charge >= 0.3 is 0 Å². The number of benzene rings is 1. The van der Waals surface area contributed by atoms with E-state index in [1.807, 2.05) is 19.2 Å². The van der Waals surface area contributed by atoms with Crippen LogP contribution in [0.5, 0.6) is 11.5 Å². The first-order valence-corrected chi connectivity index (χ1v) is 7.34. The summed E-state index contributed by atoms with van der Waals surface area (Å²) in [6, 6.07) is 4.04. The molecule has 0 aliphatic heterocycles. The van der Waals surface area contributed by atoms with Crippen molar-refractivity contribution in [3.05, 3.63) is 22.7 Å². The van der Waals surface area contributed by atoms with Crippen LogP contribution in [0.2, 0.25) is 5.02 Å². The van der Waals surface area contributed by atoms with Gasteiger partial charge in [-0.05, 0) is 37.6 Å². The summed E-state index contributed by atoms with van der Waals surface area (Å²) in [4.78, 5) is 13.7. The minimum atomic E-state index is -0.0464. The molecule has 0 aromatic heterocycles. The van der Waals surface area contributed by atoms with E-state index in [1.54, 1.807) is 19.1 Å². The van der Waals surface area contributed by atoms with Gasteiger partial charge in [-0.1, -0.05) is 11.6 Å². The molecule has 1 aromatic rings. The van der Waals surface area contributed by atoms with Crippen LogP contribution in [0.15, 0.2) is 12.1 Å². The molecule has 1 aliphatic rings. The fourth-order valence-electron chi connectivity index (χ4n) is 2.12. The van der Waals surface area contributed by atoms with Crippen LogP contribution in [0.3, 0.4) is 0 Å². The number of methoxy groups -OCH3 is 1. The van der Waals surface area contributed by atoms with Crippen molar-refractivity contribution >= 4 is 17.5 Å². The minimum absolute atomic E-state index is 0.0333. The smallest absolute Gasteiger partial charge is 0.260 e. The summed E-state index contributed by atoms with van der Waals surface area (Å²) in [7, 11) is 5.22. The Labute approximate surface area is 130 Å². The van der Waals surface area contributed by atoms with Gasteiger partial charge in [-0.3, -0.25) is 4.79 Å². The van der Waals surface area contributed by atoms with Crippen LogP contribution in [0, 0.1) is 0 Å². The third-order valence-corrected chi connectivity index (χ3v) is 3.78. The average Bonchev–Trinajstić information content (AvgIpc) is 3.29. The van der Waals surface area contributed by atoms with Gasteiger partial charge in [0.25, 0.3) is 5.91 Å². The van der Waals surface area contributed by atoms with Crippen molar-refractivity contribution in [2.75, 3.05) is 27.8 Å². The first-order chi connectivity index (χ1) is 10.1. The van der Waals surface area contributed by atoms with Crippen LogP contribution < -0.4 is 14.8 Å². The van der Waals surface area contributed by atoms with Gasteiger partial charge in [0.1, 0.15) is 0 Å². The third kappa shape index (κ3) is 4.02. The summed E-state index contributed by atoms with van der Waals surface area (Å²) >= 11 is 6.23. The molecule has 0 bridgehead atoms. The van der Waals surface area contributed by atoms with Crippen molar-refractivity contribution < 1.29 is 14.3 Å². The second-order valence-electron chi connectivity index (χ2n) is 5.16. The summed E-state index contributed by atoms with van der Waals surface area (Å²) < 4.78 is 10.9. The van der Waals surface area contributed by atoms with Gasteiger partial charge in [0.05, 0.1) is 12.1 Å². The van der Waals surface area contributed by atoms with Gasteiger partial charge in [0.15, 0.2) is 18.1 Å². The van der Waals surface area contributed by atoms with Crippen molar-refractivity contribution in [2.45, 2.75) is 25.4 Å². The zero-order valence-corrected chi connectivity index (χ0v) is 13.4. The number of ether oxygens (including phenoxy) is 2. The first-order valence-electron chi connectivity index (χ1n) is 6.96. The molecule has 0 radical (unpaired) electrons.